The summed E-state index contributed by atoms with van der Waals surface area (Å²) in [4.78, 5) is 0. The molecule has 0 heterocycles. The monoisotopic (exact) mass is 253 g/mol. The summed E-state index contributed by atoms with van der Waals surface area (Å²) in [5.41, 5.74) is 2.68. The van der Waals surface area contributed by atoms with Crippen LogP contribution in [-0.2, 0) is 0 Å². The maximum absolute atomic E-state index is 5.25. The van der Waals surface area contributed by atoms with Crippen molar-refractivity contribution in [1.29, 1.82) is 0 Å². The molecule has 0 aromatic heterocycles. The predicted octanol–water partition coefficient (Wildman–Crippen LogP) is 3.41. The Hall–Kier alpha value is -0.670. The van der Waals surface area contributed by atoms with E-state index in [0.29, 0.717) is 6.04 Å². The zero-order valence-electron chi connectivity index (χ0n) is 11.2. The Morgan fingerprint density at radius 2 is 2.18 bits per heavy atom. The van der Waals surface area contributed by atoms with Gasteiger partial charge in [0.25, 0.3) is 0 Å². The Morgan fingerprint density at radius 3 is 2.71 bits per heavy atom. The lowest BCUT2D eigenvalue weighted by Crippen LogP contribution is -2.24. The molecule has 2 nitrogen and oxygen atoms in total. The number of nitrogens with one attached hydrogen (secondary N) is 1. The molecule has 1 aromatic carbocycles. The van der Waals surface area contributed by atoms with Gasteiger partial charge < -0.3 is 10.1 Å². The van der Waals surface area contributed by atoms with E-state index >= 15 is 0 Å². The summed E-state index contributed by atoms with van der Waals surface area (Å²) in [6.45, 7) is 5.42. The summed E-state index contributed by atoms with van der Waals surface area (Å²) >= 11 is 1.88. The van der Waals surface area contributed by atoms with Crippen LogP contribution in [0.5, 0.6) is 5.75 Å². The number of aryl methyl sites for hydroxylation is 1. The number of hydrogen-bond acceptors (Lipinski definition) is 3. The number of methoxy groups -OCH3 is 1. The van der Waals surface area contributed by atoms with Gasteiger partial charge in [0.15, 0.2) is 0 Å². The molecule has 0 spiro atoms. The molecule has 1 N–H and O–H groups in total. The molecule has 96 valence electrons. The van der Waals surface area contributed by atoms with Gasteiger partial charge >= 0.3 is 0 Å². The fourth-order valence-electron chi connectivity index (χ4n) is 1.91. The van der Waals surface area contributed by atoms with Crippen molar-refractivity contribution < 1.29 is 4.74 Å². The first-order chi connectivity index (χ1) is 8.22. The minimum absolute atomic E-state index is 0.441. The number of benzene rings is 1. The van der Waals surface area contributed by atoms with Crippen molar-refractivity contribution in [3.8, 4) is 5.75 Å². The third kappa shape index (κ3) is 4.25. The summed E-state index contributed by atoms with van der Waals surface area (Å²) < 4.78 is 5.25. The number of thioether (sulfide) groups is 1. The summed E-state index contributed by atoms with van der Waals surface area (Å²) in [7, 11) is 1.71. The van der Waals surface area contributed by atoms with Crippen LogP contribution < -0.4 is 10.1 Å². The maximum Gasteiger partial charge on any atom is 0.119 e. The normalized spacial score (nSPS) is 12.5. The van der Waals surface area contributed by atoms with Gasteiger partial charge in [-0.15, -0.1) is 0 Å². The van der Waals surface area contributed by atoms with Crippen LogP contribution in [0.3, 0.4) is 0 Å². The Labute approximate surface area is 109 Å². The van der Waals surface area contributed by atoms with Crippen LogP contribution in [0.25, 0.3) is 0 Å². The molecule has 0 fully saturated rings. The minimum atomic E-state index is 0.441. The summed E-state index contributed by atoms with van der Waals surface area (Å²) in [5, 5.41) is 3.60. The quantitative estimate of drug-likeness (QED) is 0.804. The lowest BCUT2D eigenvalue weighted by Gasteiger charge is -2.20. The molecule has 1 rings (SSSR count). The molecule has 0 radical (unpaired) electrons. The second-order valence-electron chi connectivity index (χ2n) is 4.18. The van der Waals surface area contributed by atoms with E-state index in [2.05, 4.69) is 37.6 Å². The van der Waals surface area contributed by atoms with Gasteiger partial charge in [-0.2, -0.15) is 11.8 Å². The first-order valence-electron chi connectivity index (χ1n) is 6.09. The zero-order valence-corrected chi connectivity index (χ0v) is 12.1. The van der Waals surface area contributed by atoms with E-state index in [1.54, 1.807) is 7.11 Å². The van der Waals surface area contributed by atoms with E-state index in [1.807, 2.05) is 17.8 Å². The highest BCUT2D eigenvalue weighted by Gasteiger charge is 2.12. The molecule has 0 bridgehead atoms. The van der Waals surface area contributed by atoms with Crippen molar-refractivity contribution >= 4 is 11.8 Å². The van der Waals surface area contributed by atoms with E-state index in [0.717, 1.165) is 18.0 Å². The van der Waals surface area contributed by atoms with Gasteiger partial charge in [0.05, 0.1) is 7.11 Å². The third-order valence-corrected chi connectivity index (χ3v) is 3.49. The van der Waals surface area contributed by atoms with Crippen molar-refractivity contribution in [3.63, 3.8) is 0 Å². The van der Waals surface area contributed by atoms with Gasteiger partial charge in [0, 0.05) is 11.8 Å². The van der Waals surface area contributed by atoms with Crippen molar-refractivity contribution in [3.05, 3.63) is 29.3 Å². The highest BCUT2D eigenvalue weighted by Crippen LogP contribution is 2.24. The average Bonchev–Trinajstić information content (AvgIpc) is 2.34. The van der Waals surface area contributed by atoms with E-state index in [1.165, 1.54) is 17.5 Å². The summed E-state index contributed by atoms with van der Waals surface area (Å²) in [6.07, 6.45) is 3.32. The molecule has 0 aliphatic carbocycles. The first-order valence-corrected chi connectivity index (χ1v) is 7.49. The Morgan fingerprint density at radius 1 is 1.41 bits per heavy atom. The third-order valence-electron chi connectivity index (χ3n) is 2.83. The molecule has 1 unspecified atom stereocenters. The van der Waals surface area contributed by atoms with Gasteiger partial charge in [-0.05, 0) is 49.4 Å². The predicted molar refractivity (Wildman–Crippen MR) is 77.1 cm³/mol. The topological polar surface area (TPSA) is 21.3 Å². The Kier molecular flexibility index (Phi) is 6.45. The second-order valence-corrected chi connectivity index (χ2v) is 5.10. The van der Waals surface area contributed by atoms with Gasteiger partial charge in [0.2, 0.25) is 0 Å². The molecular formula is C14H23NOS. The SMILES string of the molecule is CCCNC(CSC)c1ccc(OC)cc1C. The molecule has 0 saturated carbocycles. The molecule has 0 amide bonds. The number of hydrogen-bond donors (Lipinski definition) is 1. The number of ether oxygens (including phenoxy) is 1. The molecule has 1 aromatic rings. The minimum Gasteiger partial charge on any atom is -0.497 e. The molecule has 1 atom stereocenters. The van der Waals surface area contributed by atoms with Gasteiger partial charge in [-0.1, -0.05) is 13.0 Å². The molecule has 0 aliphatic rings. The lowest BCUT2D eigenvalue weighted by atomic mass is 10.0. The summed E-state index contributed by atoms with van der Waals surface area (Å²) in [5.74, 6) is 2.04. The second kappa shape index (κ2) is 7.62. The molecular weight excluding hydrogens is 230 g/mol. The van der Waals surface area contributed by atoms with Crippen molar-refractivity contribution in [2.45, 2.75) is 26.3 Å². The van der Waals surface area contributed by atoms with Gasteiger partial charge in [-0.25, -0.2) is 0 Å². The standard InChI is InChI=1S/C14H23NOS/c1-5-8-15-14(10-17-4)13-7-6-12(16-3)9-11(13)2/h6-7,9,14-15H,5,8,10H2,1-4H3. The van der Waals surface area contributed by atoms with E-state index in [-0.39, 0.29) is 0 Å². The molecule has 0 saturated heterocycles. The largest absolute Gasteiger partial charge is 0.497 e. The van der Waals surface area contributed by atoms with E-state index in [9.17, 15) is 0 Å². The average molecular weight is 253 g/mol. The molecule has 0 aliphatic heterocycles. The number of rotatable bonds is 7. The highest BCUT2D eigenvalue weighted by atomic mass is 32.2. The van der Waals surface area contributed by atoms with Crippen LogP contribution in [0.2, 0.25) is 0 Å². The van der Waals surface area contributed by atoms with Gasteiger partial charge in [-0.3, -0.25) is 0 Å². The molecule has 17 heavy (non-hydrogen) atoms. The van der Waals surface area contributed by atoms with Crippen LogP contribution in [-0.4, -0.2) is 25.7 Å². The van der Waals surface area contributed by atoms with Crippen molar-refractivity contribution in [2.75, 3.05) is 25.7 Å². The Bertz CT molecular complexity index is 341. The highest BCUT2D eigenvalue weighted by molar-refractivity contribution is 7.98. The van der Waals surface area contributed by atoms with Gasteiger partial charge in [0.1, 0.15) is 5.75 Å². The van der Waals surface area contributed by atoms with E-state index < -0.39 is 0 Å². The van der Waals surface area contributed by atoms with Crippen molar-refractivity contribution in [2.24, 2.45) is 0 Å². The molecule has 3 heteroatoms. The van der Waals surface area contributed by atoms with Crippen molar-refractivity contribution in [1.82, 2.24) is 5.32 Å². The van der Waals surface area contributed by atoms with Crippen LogP contribution in [0, 0.1) is 6.92 Å². The maximum atomic E-state index is 5.25. The Balaban J connectivity index is 2.85. The smallest absolute Gasteiger partial charge is 0.119 e. The first kappa shape index (κ1) is 14.4. The zero-order chi connectivity index (χ0) is 12.7. The lowest BCUT2D eigenvalue weighted by molar-refractivity contribution is 0.414. The van der Waals surface area contributed by atoms with Crippen LogP contribution >= 0.6 is 11.8 Å². The summed E-state index contributed by atoms with van der Waals surface area (Å²) in [6, 6.07) is 6.77. The van der Waals surface area contributed by atoms with Crippen LogP contribution in [0.15, 0.2) is 18.2 Å². The fourth-order valence-corrected chi connectivity index (χ4v) is 2.54. The van der Waals surface area contributed by atoms with E-state index in [4.69, 9.17) is 4.74 Å². The fraction of sp³-hybridized carbons (Fsp3) is 0.571. The van der Waals surface area contributed by atoms with Crippen LogP contribution in [0.1, 0.15) is 30.5 Å². The van der Waals surface area contributed by atoms with Crippen LogP contribution in [0.4, 0.5) is 0 Å².